The second-order valence-corrected chi connectivity index (χ2v) is 7.43. The van der Waals surface area contributed by atoms with Gasteiger partial charge in [-0.15, -0.1) is 0 Å². The van der Waals surface area contributed by atoms with Crippen molar-refractivity contribution in [1.82, 2.24) is 0 Å². The predicted octanol–water partition coefficient (Wildman–Crippen LogP) is 2.68. The van der Waals surface area contributed by atoms with E-state index in [4.69, 9.17) is 28.4 Å². The number of carbonyl (C=O) groups excluding carboxylic acids is 1. The lowest BCUT2D eigenvalue weighted by atomic mass is 9.85. The van der Waals surface area contributed by atoms with Gasteiger partial charge in [0.2, 0.25) is 12.5 Å². The number of methoxy groups -OCH3 is 3. The van der Waals surface area contributed by atoms with Crippen molar-refractivity contribution in [1.29, 1.82) is 0 Å². The number of hydrogen-bond acceptors (Lipinski definition) is 9. The smallest absolute Gasteiger partial charge is 0.329 e. The van der Waals surface area contributed by atoms with E-state index in [0.29, 0.717) is 40.9 Å². The molecule has 0 fully saturated rings. The number of aliphatic hydroxyl groups excluding tert-OH is 1. The highest BCUT2D eigenvalue weighted by atomic mass is 16.7. The Balaban J connectivity index is 1.94. The Hall–Kier alpha value is -3.33. The van der Waals surface area contributed by atoms with Gasteiger partial charge in [0.05, 0.1) is 27.9 Å². The summed E-state index contributed by atoms with van der Waals surface area (Å²) in [5.74, 6) is 1.72. The number of anilines is 2. The molecule has 0 bridgehead atoms. The molecule has 9 nitrogen and oxygen atoms in total. The van der Waals surface area contributed by atoms with E-state index in [0.717, 1.165) is 11.3 Å². The normalized spacial score (nSPS) is 18.7. The molecule has 32 heavy (non-hydrogen) atoms. The van der Waals surface area contributed by atoms with Gasteiger partial charge in [-0.25, -0.2) is 4.79 Å². The van der Waals surface area contributed by atoms with Gasteiger partial charge in [0, 0.05) is 42.1 Å². The lowest BCUT2D eigenvalue weighted by Crippen LogP contribution is -2.50. The molecule has 0 saturated carbocycles. The van der Waals surface area contributed by atoms with Gasteiger partial charge >= 0.3 is 5.97 Å². The first-order valence-corrected chi connectivity index (χ1v) is 10.3. The van der Waals surface area contributed by atoms with Crippen LogP contribution < -0.4 is 28.6 Å². The third-order valence-electron chi connectivity index (χ3n) is 5.73. The maximum Gasteiger partial charge on any atom is 0.329 e. The lowest BCUT2D eigenvalue weighted by molar-refractivity contribution is -0.146. The molecule has 1 N–H and O–H groups in total. The van der Waals surface area contributed by atoms with Crippen molar-refractivity contribution in [3.05, 3.63) is 29.8 Å². The highest BCUT2D eigenvalue weighted by Gasteiger charge is 2.42. The number of benzene rings is 2. The average Bonchev–Trinajstić information content (AvgIpc) is 3.27. The molecule has 2 atom stereocenters. The van der Waals surface area contributed by atoms with Gasteiger partial charge in [-0.3, -0.25) is 0 Å². The Morgan fingerprint density at radius 1 is 1.06 bits per heavy atom. The van der Waals surface area contributed by atoms with Crippen LogP contribution in [0, 0.1) is 5.92 Å². The average molecular weight is 445 g/mol. The van der Waals surface area contributed by atoms with Crippen molar-refractivity contribution >= 4 is 17.3 Å². The number of carbonyl (C=O) groups is 1. The van der Waals surface area contributed by atoms with Crippen molar-refractivity contribution < 1.29 is 38.3 Å². The molecular weight excluding hydrogens is 418 g/mol. The second kappa shape index (κ2) is 9.04. The van der Waals surface area contributed by atoms with E-state index in [2.05, 4.69) is 0 Å². The molecule has 4 rings (SSSR count). The number of esters is 1. The van der Waals surface area contributed by atoms with Crippen LogP contribution in [0.15, 0.2) is 24.3 Å². The molecule has 172 valence electrons. The minimum atomic E-state index is -0.768. The zero-order valence-corrected chi connectivity index (χ0v) is 18.5. The summed E-state index contributed by atoms with van der Waals surface area (Å²) in [6, 6.07) is 6.51. The molecule has 0 aliphatic carbocycles. The molecule has 0 spiro atoms. The summed E-state index contributed by atoms with van der Waals surface area (Å²) in [6.45, 7) is 1.92. The van der Waals surface area contributed by atoms with Gasteiger partial charge in [0.15, 0.2) is 23.0 Å². The molecule has 0 saturated heterocycles. The molecule has 2 aliphatic rings. The van der Waals surface area contributed by atoms with Crippen LogP contribution in [-0.4, -0.2) is 58.5 Å². The molecule has 2 heterocycles. The summed E-state index contributed by atoms with van der Waals surface area (Å²) >= 11 is 0. The van der Waals surface area contributed by atoms with Crippen LogP contribution in [0.5, 0.6) is 28.7 Å². The van der Waals surface area contributed by atoms with E-state index in [1.807, 2.05) is 17.0 Å². The third-order valence-corrected chi connectivity index (χ3v) is 5.73. The lowest BCUT2D eigenvalue weighted by Gasteiger charge is -2.42. The highest BCUT2D eigenvalue weighted by molar-refractivity contribution is 5.88. The van der Waals surface area contributed by atoms with Crippen LogP contribution in [0.4, 0.5) is 11.4 Å². The Kier molecular flexibility index (Phi) is 6.18. The summed E-state index contributed by atoms with van der Waals surface area (Å²) < 4.78 is 33.0. The maximum absolute atomic E-state index is 13.1. The number of nitrogens with zero attached hydrogens (tertiary/aromatic N) is 1. The van der Waals surface area contributed by atoms with E-state index < -0.39 is 17.9 Å². The van der Waals surface area contributed by atoms with E-state index in [9.17, 15) is 9.90 Å². The molecule has 0 unspecified atom stereocenters. The third kappa shape index (κ3) is 3.62. The number of rotatable bonds is 7. The van der Waals surface area contributed by atoms with Crippen molar-refractivity contribution in [2.24, 2.45) is 5.92 Å². The molecule has 9 heteroatoms. The van der Waals surface area contributed by atoms with Crippen molar-refractivity contribution in [3.8, 4) is 28.7 Å². The first kappa shape index (κ1) is 21.9. The van der Waals surface area contributed by atoms with Crippen LogP contribution in [0.25, 0.3) is 0 Å². The molecule has 2 aromatic carbocycles. The van der Waals surface area contributed by atoms with Gasteiger partial charge in [-0.2, -0.15) is 0 Å². The predicted molar refractivity (Wildman–Crippen MR) is 116 cm³/mol. The molecule has 0 amide bonds. The summed E-state index contributed by atoms with van der Waals surface area (Å²) in [5.41, 5.74) is 2.30. The monoisotopic (exact) mass is 445 g/mol. The molecule has 0 aromatic heterocycles. The summed E-state index contributed by atoms with van der Waals surface area (Å²) in [7, 11) is 4.59. The van der Waals surface area contributed by atoms with Gasteiger partial charge in [0.1, 0.15) is 6.04 Å². The van der Waals surface area contributed by atoms with E-state index in [-0.39, 0.29) is 20.0 Å². The Morgan fingerprint density at radius 2 is 1.72 bits per heavy atom. The maximum atomic E-state index is 13.1. The van der Waals surface area contributed by atoms with Crippen molar-refractivity contribution in [2.75, 3.05) is 46.2 Å². The van der Waals surface area contributed by atoms with Crippen LogP contribution in [0.2, 0.25) is 0 Å². The SMILES string of the molecule is CCOC(=O)[C@H]1[C@H](CO)Cc2cc3c(cc2N1c1cc(OC)c(OC)c(OC)c1)OCO3. The molecule has 2 aliphatic heterocycles. The van der Waals surface area contributed by atoms with Crippen LogP contribution in [-0.2, 0) is 16.0 Å². The first-order valence-electron chi connectivity index (χ1n) is 10.3. The minimum absolute atomic E-state index is 0.132. The molecular formula is C23H27NO8. The Labute approximate surface area is 186 Å². The summed E-state index contributed by atoms with van der Waals surface area (Å²) in [6.07, 6.45) is 0.479. The fourth-order valence-electron chi connectivity index (χ4n) is 4.31. The second-order valence-electron chi connectivity index (χ2n) is 7.43. The standard InChI is InChI=1S/C23H27NO8/c1-5-30-23(26)21-14(11-25)6-13-7-17-18(32-12-31-17)10-16(13)24(21)15-8-19(27-2)22(29-4)20(9-15)28-3/h7-10,14,21,25H,5-6,11-12H2,1-4H3/t14-,21+/m0/s1. The minimum Gasteiger partial charge on any atom is -0.493 e. The number of hydrogen-bond donors (Lipinski definition) is 1. The molecule has 2 aromatic rings. The van der Waals surface area contributed by atoms with Crippen molar-refractivity contribution in [3.63, 3.8) is 0 Å². The van der Waals surface area contributed by atoms with E-state index in [1.165, 1.54) is 21.3 Å². The van der Waals surface area contributed by atoms with E-state index >= 15 is 0 Å². The number of aliphatic hydroxyl groups is 1. The number of ether oxygens (including phenoxy) is 6. The summed E-state index contributed by atoms with van der Waals surface area (Å²) in [4.78, 5) is 14.9. The Morgan fingerprint density at radius 3 is 2.28 bits per heavy atom. The van der Waals surface area contributed by atoms with Gasteiger partial charge in [-0.05, 0) is 25.0 Å². The highest BCUT2D eigenvalue weighted by Crippen LogP contribution is 2.49. The number of fused-ring (bicyclic) bond motifs is 2. The van der Waals surface area contributed by atoms with E-state index in [1.54, 1.807) is 19.1 Å². The Bertz CT molecular complexity index is 983. The van der Waals surface area contributed by atoms with Crippen LogP contribution in [0.1, 0.15) is 12.5 Å². The summed E-state index contributed by atoms with van der Waals surface area (Å²) in [5, 5.41) is 10.2. The largest absolute Gasteiger partial charge is 0.493 e. The van der Waals surface area contributed by atoms with Gasteiger partial charge in [-0.1, -0.05) is 0 Å². The zero-order valence-electron chi connectivity index (χ0n) is 18.5. The van der Waals surface area contributed by atoms with Crippen LogP contribution >= 0.6 is 0 Å². The zero-order chi connectivity index (χ0) is 22.8. The first-order chi connectivity index (χ1) is 15.6. The molecule has 0 radical (unpaired) electrons. The van der Waals surface area contributed by atoms with Gasteiger partial charge in [0.25, 0.3) is 0 Å². The quantitative estimate of drug-likeness (QED) is 0.645. The fraction of sp³-hybridized carbons (Fsp3) is 0.435. The van der Waals surface area contributed by atoms with Gasteiger partial charge < -0.3 is 38.4 Å². The fourth-order valence-corrected chi connectivity index (χ4v) is 4.31. The topological polar surface area (TPSA) is 95.9 Å². The van der Waals surface area contributed by atoms with Crippen LogP contribution in [0.3, 0.4) is 0 Å². The van der Waals surface area contributed by atoms with Crippen molar-refractivity contribution in [2.45, 2.75) is 19.4 Å².